The largest absolute Gasteiger partial charge is 0.494 e. The quantitative estimate of drug-likeness (QED) is 0.136. The number of anilines is 1. The lowest BCUT2D eigenvalue weighted by molar-refractivity contribution is 0.412. The van der Waals surface area contributed by atoms with E-state index in [-0.39, 0.29) is 6.54 Å². The van der Waals surface area contributed by atoms with Crippen molar-refractivity contribution in [2.45, 2.75) is 12.5 Å². The molecule has 0 amide bonds. The van der Waals surface area contributed by atoms with Crippen LogP contribution in [-0.2, 0) is 6.42 Å². The minimum atomic E-state index is -0.579. The third-order valence-electron chi connectivity index (χ3n) is 5.51. The molecule has 0 spiro atoms. The van der Waals surface area contributed by atoms with E-state index in [9.17, 15) is 0 Å². The lowest BCUT2D eigenvalue weighted by atomic mass is 9.92. The first-order valence-corrected chi connectivity index (χ1v) is 11.5. The van der Waals surface area contributed by atoms with Crippen LogP contribution in [0.2, 0.25) is 10.0 Å². The molecule has 2 aromatic carbocycles. The number of rotatable bonds is 9. The highest BCUT2D eigenvalue weighted by molar-refractivity contribution is 6.42. The number of hydrogen-bond acceptors (Lipinski definition) is 6. The van der Waals surface area contributed by atoms with Crippen molar-refractivity contribution in [1.82, 2.24) is 9.97 Å². The summed E-state index contributed by atoms with van der Waals surface area (Å²) in [5, 5.41) is 12.4. The van der Waals surface area contributed by atoms with Gasteiger partial charge < -0.3 is 10.1 Å². The highest BCUT2D eigenvalue weighted by Crippen LogP contribution is 2.42. The van der Waals surface area contributed by atoms with Crippen LogP contribution in [0.25, 0.3) is 31.8 Å². The topological polar surface area (TPSA) is 145 Å². The fourth-order valence-electron chi connectivity index (χ4n) is 3.99. The van der Waals surface area contributed by atoms with Crippen molar-refractivity contribution < 1.29 is 4.74 Å². The summed E-state index contributed by atoms with van der Waals surface area (Å²) in [4.78, 5) is 14.7. The smallest absolute Gasteiger partial charge is 0.150 e. The number of methoxy groups -OCH3 is 1. The normalized spacial score (nSPS) is 11.3. The fraction of sp³-hybridized carbons (Fsp3) is 0.167. The van der Waals surface area contributed by atoms with Crippen molar-refractivity contribution in [3.8, 4) is 5.75 Å². The van der Waals surface area contributed by atoms with Crippen LogP contribution in [-0.4, -0.2) is 23.6 Å². The van der Waals surface area contributed by atoms with Gasteiger partial charge in [0.15, 0.2) is 5.75 Å². The van der Waals surface area contributed by atoms with Gasteiger partial charge in [-0.25, -0.2) is 4.98 Å². The third kappa shape index (κ3) is 5.22. The summed E-state index contributed by atoms with van der Waals surface area (Å²) in [7, 11) is 1.57. The Labute approximate surface area is 216 Å². The van der Waals surface area contributed by atoms with E-state index in [1.807, 2.05) is 24.3 Å². The van der Waals surface area contributed by atoms with Crippen LogP contribution < -0.4 is 10.1 Å². The Morgan fingerprint density at radius 2 is 1.89 bits per heavy atom. The minimum absolute atomic E-state index is 0.276. The number of hydrogen-bond donors (Lipinski definition) is 1. The van der Waals surface area contributed by atoms with Gasteiger partial charge in [-0.2, -0.15) is 0 Å². The summed E-state index contributed by atoms with van der Waals surface area (Å²) >= 11 is 13.0. The van der Waals surface area contributed by atoms with Crippen LogP contribution in [0.1, 0.15) is 22.7 Å². The number of aromatic nitrogens is 2. The molecule has 0 aliphatic heterocycles. The van der Waals surface area contributed by atoms with Gasteiger partial charge in [0.05, 0.1) is 23.2 Å². The molecule has 1 atom stereocenters. The van der Waals surface area contributed by atoms with Crippen LogP contribution in [0.15, 0.2) is 71.2 Å². The van der Waals surface area contributed by atoms with E-state index in [0.717, 1.165) is 16.5 Å². The zero-order valence-corrected chi connectivity index (χ0v) is 20.5. The number of nitrogens with zero attached hydrogens (tertiary/aromatic N) is 8. The molecule has 4 rings (SSSR count). The second-order valence-corrected chi connectivity index (χ2v) is 8.36. The fourth-order valence-corrected chi connectivity index (χ4v) is 4.41. The summed E-state index contributed by atoms with van der Waals surface area (Å²) in [6.07, 6.45) is 3.71. The van der Waals surface area contributed by atoms with Crippen molar-refractivity contribution in [2.75, 3.05) is 19.0 Å². The first-order chi connectivity index (χ1) is 17.6. The van der Waals surface area contributed by atoms with Gasteiger partial charge >= 0.3 is 0 Å². The summed E-state index contributed by atoms with van der Waals surface area (Å²) in [5.74, 6) is 0.984. The van der Waals surface area contributed by atoms with Crippen molar-refractivity contribution in [3.05, 3.63) is 109 Å². The molecule has 36 heavy (non-hydrogen) atoms. The van der Waals surface area contributed by atoms with Crippen molar-refractivity contribution in [3.63, 3.8) is 0 Å². The SMILES string of the molecule is COc1c(C(Nc2cc(N=[N+]=[N-])ccn2)c2cccc(Cl)c2Cl)cc(CCN=[N+]=[N-])c2cccnc12. The molecule has 2 heterocycles. The lowest BCUT2D eigenvalue weighted by Crippen LogP contribution is -2.16. The van der Waals surface area contributed by atoms with Gasteiger partial charge in [0.2, 0.25) is 0 Å². The Morgan fingerprint density at radius 3 is 2.67 bits per heavy atom. The molecule has 0 saturated carbocycles. The first kappa shape index (κ1) is 24.9. The van der Waals surface area contributed by atoms with Crippen molar-refractivity contribution in [2.24, 2.45) is 10.2 Å². The average Bonchev–Trinajstić information content (AvgIpc) is 2.89. The second-order valence-electron chi connectivity index (χ2n) is 7.57. The Bertz CT molecular complexity index is 1520. The Morgan fingerprint density at radius 1 is 1.03 bits per heavy atom. The summed E-state index contributed by atoms with van der Waals surface area (Å²) in [5.41, 5.74) is 21.0. The van der Waals surface area contributed by atoms with Gasteiger partial charge in [-0.15, -0.1) is 0 Å². The highest BCUT2D eigenvalue weighted by atomic mass is 35.5. The second kappa shape index (κ2) is 11.5. The molecule has 2 aromatic heterocycles. The number of benzene rings is 2. The van der Waals surface area contributed by atoms with E-state index in [4.69, 9.17) is 39.0 Å². The molecule has 1 N–H and O–H groups in total. The third-order valence-corrected chi connectivity index (χ3v) is 6.34. The molecular formula is C24H19Cl2N9O. The first-order valence-electron chi connectivity index (χ1n) is 10.7. The molecule has 180 valence electrons. The van der Waals surface area contributed by atoms with Crippen molar-refractivity contribution in [1.29, 1.82) is 0 Å². The number of nitrogens with one attached hydrogen (secondary N) is 1. The van der Waals surface area contributed by atoms with Gasteiger partial charge in [-0.3, -0.25) is 4.98 Å². The molecular weight excluding hydrogens is 501 g/mol. The zero-order chi connectivity index (χ0) is 25.5. The molecule has 0 radical (unpaired) electrons. The molecule has 0 aliphatic rings. The minimum Gasteiger partial charge on any atom is -0.494 e. The Balaban J connectivity index is 1.96. The summed E-state index contributed by atoms with van der Waals surface area (Å²) < 4.78 is 5.86. The zero-order valence-electron chi connectivity index (χ0n) is 19.0. The van der Waals surface area contributed by atoms with Crippen LogP contribution in [0.4, 0.5) is 11.5 Å². The van der Waals surface area contributed by atoms with Crippen LogP contribution in [0, 0.1) is 0 Å². The number of fused-ring (bicyclic) bond motifs is 1. The predicted molar refractivity (Wildman–Crippen MR) is 141 cm³/mol. The van der Waals surface area contributed by atoms with E-state index in [1.54, 1.807) is 37.6 Å². The van der Waals surface area contributed by atoms with Gasteiger partial charge in [0, 0.05) is 45.4 Å². The van der Waals surface area contributed by atoms with E-state index in [0.29, 0.717) is 44.8 Å². The predicted octanol–water partition coefficient (Wildman–Crippen LogP) is 7.94. The van der Waals surface area contributed by atoms with E-state index < -0.39 is 6.04 Å². The van der Waals surface area contributed by atoms with E-state index in [2.05, 4.69) is 35.3 Å². The van der Waals surface area contributed by atoms with Gasteiger partial charge in [0.1, 0.15) is 11.3 Å². The monoisotopic (exact) mass is 519 g/mol. The molecule has 10 nitrogen and oxygen atoms in total. The lowest BCUT2D eigenvalue weighted by Gasteiger charge is -2.25. The Hall–Kier alpha value is -4.20. The molecule has 4 aromatic rings. The van der Waals surface area contributed by atoms with Gasteiger partial charge in [-0.1, -0.05) is 51.6 Å². The standard InChI is InChI=1S/C24H19Cl2N9O/c1-36-24-18(12-14(7-11-31-34-27)16-5-3-9-30-23(16)24)22(17-4-2-6-19(25)21(17)26)32-20-13-15(33-35-28)8-10-29-20/h2-6,8-10,12-13,22H,7,11H2,1H3,(H,29,32). The number of pyridine rings is 2. The number of ether oxygens (including phenoxy) is 1. The van der Waals surface area contributed by atoms with Crippen LogP contribution >= 0.6 is 23.2 Å². The average molecular weight is 520 g/mol. The molecule has 0 bridgehead atoms. The highest BCUT2D eigenvalue weighted by Gasteiger charge is 2.25. The number of azide groups is 2. The van der Waals surface area contributed by atoms with E-state index in [1.165, 1.54) is 6.20 Å². The molecule has 1 unspecified atom stereocenters. The molecule has 0 aliphatic carbocycles. The van der Waals surface area contributed by atoms with Gasteiger partial charge in [-0.05, 0) is 58.9 Å². The van der Waals surface area contributed by atoms with Crippen LogP contribution in [0.3, 0.4) is 0 Å². The Kier molecular flexibility index (Phi) is 7.95. The summed E-state index contributed by atoms with van der Waals surface area (Å²) in [6, 6.07) is 13.8. The van der Waals surface area contributed by atoms with E-state index >= 15 is 0 Å². The maximum atomic E-state index is 8.84. The maximum absolute atomic E-state index is 8.84. The van der Waals surface area contributed by atoms with Crippen molar-refractivity contribution >= 4 is 45.6 Å². The summed E-state index contributed by atoms with van der Waals surface area (Å²) in [6.45, 7) is 0.276. The molecule has 0 fully saturated rings. The maximum Gasteiger partial charge on any atom is 0.150 e. The molecule has 12 heteroatoms. The van der Waals surface area contributed by atoms with Crippen LogP contribution in [0.5, 0.6) is 5.75 Å². The number of halogens is 2. The van der Waals surface area contributed by atoms with Gasteiger partial charge in [0.25, 0.3) is 0 Å². The molecule has 0 saturated heterocycles.